The van der Waals surface area contributed by atoms with E-state index in [0.29, 0.717) is 9.92 Å². The Kier molecular flexibility index (Phi) is 4.50. The van der Waals surface area contributed by atoms with Crippen LogP contribution >= 0.6 is 23.4 Å². The number of carboxylic acid groups (broad SMARTS) is 1. The van der Waals surface area contributed by atoms with Gasteiger partial charge in [-0.25, -0.2) is 4.79 Å². The van der Waals surface area contributed by atoms with Crippen LogP contribution in [0.15, 0.2) is 46.2 Å². The number of carbonyl (C=O) groups is 1. The highest BCUT2D eigenvalue weighted by molar-refractivity contribution is 7.99. The largest absolute Gasteiger partial charge is 0.478 e. The molecule has 0 aliphatic heterocycles. The fraction of sp³-hybridized carbons (Fsp3) is 0.0714. The maximum absolute atomic E-state index is 11.2. The second kappa shape index (κ2) is 6.15. The third-order valence-electron chi connectivity index (χ3n) is 2.78. The summed E-state index contributed by atoms with van der Waals surface area (Å²) >= 11 is 7.07. The molecule has 1 N–H and O–H groups in total. The average Bonchev–Trinajstić information content (AvgIpc) is 2.42. The molecular formula is C14H10ClNO4S. The Morgan fingerprint density at radius 2 is 1.95 bits per heavy atom. The van der Waals surface area contributed by atoms with E-state index in [1.807, 2.05) is 13.0 Å². The van der Waals surface area contributed by atoms with Gasteiger partial charge in [-0.05, 0) is 30.7 Å². The fourth-order valence-electron chi connectivity index (χ4n) is 1.69. The first-order valence-corrected chi connectivity index (χ1v) is 7.03. The number of aryl methyl sites for hydroxylation is 1. The number of nitro groups is 1. The zero-order chi connectivity index (χ0) is 15.6. The van der Waals surface area contributed by atoms with Crippen LogP contribution in [0.2, 0.25) is 5.02 Å². The zero-order valence-corrected chi connectivity index (χ0v) is 12.4. The van der Waals surface area contributed by atoms with Crippen LogP contribution < -0.4 is 0 Å². The van der Waals surface area contributed by atoms with E-state index in [9.17, 15) is 20.0 Å². The number of hydrogen-bond acceptors (Lipinski definition) is 4. The van der Waals surface area contributed by atoms with Crippen LogP contribution in [0, 0.1) is 17.0 Å². The second-order valence-electron chi connectivity index (χ2n) is 4.25. The van der Waals surface area contributed by atoms with Gasteiger partial charge < -0.3 is 5.11 Å². The Balaban J connectivity index is 2.50. The molecule has 2 aromatic carbocycles. The van der Waals surface area contributed by atoms with Gasteiger partial charge >= 0.3 is 5.97 Å². The van der Waals surface area contributed by atoms with Crippen molar-refractivity contribution in [3.8, 4) is 0 Å². The van der Waals surface area contributed by atoms with Gasteiger partial charge in [-0.3, -0.25) is 10.1 Å². The Labute approximate surface area is 129 Å². The van der Waals surface area contributed by atoms with Crippen LogP contribution in [0.5, 0.6) is 0 Å². The SMILES string of the molecule is Cc1ccc(Cl)cc1Sc1cc([N+](=O)[O-])ccc1C(=O)O. The first-order valence-electron chi connectivity index (χ1n) is 5.84. The van der Waals surface area contributed by atoms with Gasteiger partial charge in [-0.2, -0.15) is 0 Å². The Hall–Kier alpha value is -2.05. The van der Waals surface area contributed by atoms with E-state index < -0.39 is 10.9 Å². The summed E-state index contributed by atoms with van der Waals surface area (Å²) in [5.41, 5.74) is 0.777. The Bertz CT molecular complexity index is 733. The summed E-state index contributed by atoms with van der Waals surface area (Å²) in [7, 11) is 0. The van der Waals surface area contributed by atoms with Crippen molar-refractivity contribution in [2.45, 2.75) is 16.7 Å². The molecule has 21 heavy (non-hydrogen) atoms. The van der Waals surface area contributed by atoms with Crippen LogP contribution in [-0.2, 0) is 0 Å². The molecule has 0 fully saturated rings. The molecule has 7 heteroatoms. The minimum Gasteiger partial charge on any atom is -0.478 e. The molecule has 0 aliphatic carbocycles. The summed E-state index contributed by atoms with van der Waals surface area (Å²) < 4.78 is 0. The van der Waals surface area contributed by atoms with Gasteiger partial charge in [0.1, 0.15) is 0 Å². The molecule has 0 radical (unpaired) electrons. The molecule has 108 valence electrons. The number of carboxylic acids is 1. The minimum absolute atomic E-state index is 0.0185. The summed E-state index contributed by atoms with van der Waals surface area (Å²) in [6.07, 6.45) is 0. The molecule has 0 saturated carbocycles. The summed E-state index contributed by atoms with van der Waals surface area (Å²) in [6, 6.07) is 8.91. The van der Waals surface area contributed by atoms with Gasteiger partial charge in [0.05, 0.1) is 10.5 Å². The molecule has 2 rings (SSSR count). The van der Waals surface area contributed by atoms with E-state index in [0.717, 1.165) is 22.2 Å². The fourth-order valence-corrected chi connectivity index (χ4v) is 3.02. The van der Waals surface area contributed by atoms with Crippen molar-refractivity contribution in [2.75, 3.05) is 0 Å². The van der Waals surface area contributed by atoms with Gasteiger partial charge in [0.15, 0.2) is 0 Å². The highest BCUT2D eigenvalue weighted by atomic mass is 35.5. The van der Waals surface area contributed by atoms with Crippen LogP contribution in [0.25, 0.3) is 0 Å². The minimum atomic E-state index is -1.13. The number of benzene rings is 2. The number of hydrogen-bond donors (Lipinski definition) is 1. The lowest BCUT2D eigenvalue weighted by Gasteiger charge is -2.08. The van der Waals surface area contributed by atoms with Crippen LogP contribution in [0.4, 0.5) is 5.69 Å². The maximum Gasteiger partial charge on any atom is 0.336 e. The molecule has 0 bridgehead atoms. The first-order chi connectivity index (χ1) is 9.88. The van der Waals surface area contributed by atoms with Crippen molar-refractivity contribution in [1.82, 2.24) is 0 Å². The van der Waals surface area contributed by atoms with Gasteiger partial charge in [0.25, 0.3) is 5.69 Å². The molecule has 5 nitrogen and oxygen atoms in total. The predicted molar refractivity (Wildman–Crippen MR) is 80.4 cm³/mol. The molecule has 0 amide bonds. The number of rotatable bonds is 4. The lowest BCUT2D eigenvalue weighted by atomic mass is 10.2. The highest BCUT2D eigenvalue weighted by Gasteiger charge is 2.17. The van der Waals surface area contributed by atoms with E-state index in [2.05, 4.69) is 0 Å². The average molecular weight is 324 g/mol. The lowest BCUT2D eigenvalue weighted by molar-refractivity contribution is -0.385. The zero-order valence-electron chi connectivity index (χ0n) is 10.9. The molecule has 0 aromatic heterocycles. The molecule has 0 saturated heterocycles. The van der Waals surface area contributed by atoms with Crippen molar-refractivity contribution in [3.05, 3.63) is 62.7 Å². The van der Waals surface area contributed by atoms with E-state index in [1.54, 1.807) is 12.1 Å². The summed E-state index contributed by atoms with van der Waals surface area (Å²) in [6.45, 7) is 1.86. The van der Waals surface area contributed by atoms with Crippen LogP contribution in [0.1, 0.15) is 15.9 Å². The molecule has 2 aromatic rings. The van der Waals surface area contributed by atoms with Gasteiger partial charge in [0, 0.05) is 26.9 Å². The van der Waals surface area contributed by atoms with E-state index in [-0.39, 0.29) is 11.3 Å². The lowest BCUT2D eigenvalue weighted by Crippen LogP contribution is -2.00. The molecule has 0 unspecified atom stereocenters. The molecule has 0 aliphatic rings. The van der Waals surface area contributed by atoms with Crippen molar-refractivity contribution in [1.29, 1.82) is 0 Å². The third kappa shape index (κ3) is 3.53. The third-order valence-corrected chi connectivity index (χ3v) is 4.23. The molecular weight excluding hydrogens is 314 g/mol. The monoisotopic (exact) mass is 323 g/mol. The smallest absolute Gasteiger partial charge is 0.336 e. The quantitative estimate of drug-likeness (QED) is 0.666. The first kappa shape index (κ1) is 15.3. The summed E-state index contributed by atoms with van der Waals surface area (Å²) in [4.78, 5) is 22.6. The predicted octanol–water partition coefficient (Wildman–Crippen LogP) is 4.41. The maximum atomic E-state index is 11.2. The van der Waals surface area contributed by atoms with Gasteiger partial charge in [-0.1, -0.05) is 29.4 Å². The van der Waals surface area contributed by atoms with E-state index in [4.69, 9.17) is 11.6 Å². The number of nitrogens with zero attached hydrogens (tertiary/aromatic N) is 1. The number of halogens is 1. The second-order valence-corrected chi connectivity index (χ2v) is 5.77. The van der Waals surface area contributed by atoms with Crippen LogP contribution in [0.3, 0.4) is 0 Å². The molecule has 0 spiro atoms. The highest BCUT2D eigenvalue weighted by Crippen LogP contribution is 2.36. The van der Waals surface area contributed by atoms with Crippen molar-refractivity contribution in [3.63, 3.8) is 0 Å². The standard InChI is InChI=1S/C14H10ClNO4S/c1-8-2-3-9(15)6-12(8)21-13-7-10(16(19)20)4-5-11(13)14(17)18/h2-7H,1H3,(H,17,18). The Morgan fingerprint density at radius 1 is 1.24 bits per heavy atom. The normalized spacial score (nSPS) is 10.4. The van der Waals surface area contributed by atoms with Gasteiger partial charge in [-0.15, -0.1) is 0 Å². The Morgan fingerprint density at radius 3 is 2.57 bits per heavy atom. The van der Waals surface area contributed by atoms with Crippen molar-refractivity contribution in [2.24, 2.45) is 0 Å². The number of aromatic carboxylic acids is 1. The summed E-state index contributed by atoms with van der Waals surface area (Å²) in [5.74, 6) is -1.13. The van der Waals surface area contributed by atoms with Crippen LogP contribution in [-0.4, -0.2) is 16.0 Å². The van der Waals surface area contributed by atoms with Gasteiger partial charge in [0.2, 0.25) is 0 Å². The topological polar surface area (TPSA) is 80.4 Å². The van der Waals surface area contributed by atoms with Crippen molar-refractivity contribution < 1.29 is 14.8 Å². The molecule has 0 heterocycles. The van der Waals surface area contributed by atoms with E-state index >= 15 is 0 Å². The molecule has 0 atom stereocenters. The summed E-state index contributed by atoms with van der Waals surface area (Å²) in [5, 5.41) is 20.5. The number of nitro benzene ring substituents is 1. The number of non-ortho nitro benzene ring substituents is 1. The van der Waals surface area contributed by atoms with Crippen molar-refractivity contribution >= 4 is 35.0 Å². The van der Waals surface area contributed by atoms with E-state index in [1.165, 1.54) is 18.2 Å².